The lowest BCUT2D eigenvalue weighted by molar-refractivity contribution is -0.138. The number of benzene rings is 1. The maximum atomic E-state index is 11.4. The van der Waals surface area contributed by atoms with Crippen LogP contribution in [0.5, 0.6) is 5.75 Å². The minimum Gasteiger partial charge on any atom is -0.508 e. The first-order valence-corrected chi connectivity index (χ1v) is 5.65. The van der Waals surface area contributed by atoms with Gasteiger partial charge in [-0.2, -0.15) is 0 Å². The van der Waals surface area contributed by atoms with E-state index in [2.05, 4.69) is 17.2 Å². The molecule has 6 nitrogen and oxygen atoms in total. The zero-order chi connectivity index (χ0) is 14.3. The molecule has 3 N–H and O–H groups in total. The number of urea groups is 1. The highest BCUT2D eigenvalue weighted by Crippen LogP contribution is 2.14. The second kappa shape index (κ2) is 7.05. The fraction of sp³-hybridized carbons (Fsp3) is 0.231. The highest BCUT2D eigenvalue weighted by molar-refractivity contribution is 5.89. The van der Waals surface area contributed by atoms with Gasteiger partial charge in [0.2, 0.25) is 0 Å². The predicted octanol–water partition coefficient (Wildman–Crippen LogP) is 1.63. The van der Waals surface area contributed by atoms with E-state index in [0.29, 0.717) is 11.3 Å². The first-order valence-electron chi connectivity index (χ1n) is 5.65. The zero-order valence-electron chi connectivity index (χ0n) is 10.6. The standard InChI is InChI=1S/C13H16N2O4/c1-9(2)12(17)19-7-6-14-13(18)15-10-4-3-5-11(16)8-10/h3-5,8,16H,1,6-7H2,2H3,(H2,14,15,18). The maximum Gasteiger partial charge on any atom is 0.333 e. The van der Waals surface area contributed by atoms with Gasteiger partial charge in [-0.25, -0.2) is 9.59 Å². The highest BCUT2D eigenvalue weighted by atomic mass is 16.5. The summed E-state index contributed by atoms with van der Waals surface area (Å²) in [4.78, 5) is 22.5. The smallest absolute Gasteiger partial charge is 0.333 e. The molecule has 0 atom stereocenters. The lowest BCUT2D eigenvalue weighted by atomic mass is 10.3. The molecule has 0 fully saturated rings. The van der Waals surface area contributed by atoms with E-state index in [1.54, 1.807) is 19.1 Å². The van der Waals surface area contributed by atoms with Crippen LogP contribution in [0.15, 0.2) is 36.4 Å². The second-order valence-electron chi connectivity index (χ2n) is 3.85. The Hall–Kier alpha value is -2.50. The van der Waals surface area contributed by atoms with Gasteiger partial charge >= 0.3 is 12.0 Å². The number of aromatic hydroxyl groups is 1. The fourth-order valence-corrected chi connectivity index (χ4v) is 1.19. The van der Waals surface area contributed by atoms with Crippen LogP contribution < -0.4 is 10.6 Å². The van der Waals surface area contributed by atoms with Gasteiger partial charge in [0, 0.05) is 17.3 Å². The van der Waals surface area contributed by atoms with Gasteiger partial charge in [0.15, 0.2) is 0 Å². The number of carbonyl (C=O) groups is 2. The topological polar surface area (TPSA) is 87.7 Å². The molecule has 0 saturated heterocycles. The highest BCUT2D eigenvalue weighted by Gasteiger charge is 2.04. The number of anilines is 1. The monoisotopic (exact) mass is 264 g/mol. The summed E-state index contributed by atoms with van der Waals surface area (Å²) < 4.78 is 4.80. The number of hydrogen-bond acceptors (Lipinski definition) is 4. The van der Waals surface area contributed by atoms with Crippen LogP contribution >= 0.6 is 0 Å². The van der Waals surface area contributed by atoms with Crippen molar-refractivity contribution in [2.45, 2.75) is 6.92 Å². The molecule has 0 saturated carbocycles. The predicted molar refractivity (Wildman–Crippen MR) is 70.9 cm³/mol. The molecule has 0 aliphatic rings. The average Bonchev–Trinajstić information content (AvgIpc) is 2.34. The van der Waals surface area contributed by atoms with Crippen molar-refractivity contribution in [3.63, 3.8) is 0 Å². The van der Waals surface area contributed by atoms with Gasteiger partial charge in [-0.05, 0) is 19.1 Å². The fourth-order valence-electron chi connectivity index (χ4n) is 1.19. The van der Waals surface area contributed by atoms with E-state index >= 15 is 0 Å². The molecule has 0 aliphatic carbocycles. The summed E-state index contributed by atoms with van der Waals surface area (Å²) in [5.74, 6) is -0.427. The number of phenols is 1. The number of hydrogen-bond donors (Lipinski definition) is 3. The minimum absolute atomic E-state index is 0.0631. The lowest BCUT2D eigenvalue weighted by Gasteiger charge is -2.08. The van der Waals surface area contributed by atoms with Crippen LogP contribution in [0, 0.1) is 0 Å². The molecule has 0 aliphatic heterocycles. The quantitative estimate of drug-likeness (QED) is 0.428. The number of carbonyl (C=O) groups excluding carboxylic acids is 2. The molecule has 2 amide bonds. The molecule has 1 aromatic rings. The molecule has 0 heterocycles. The minimum atomic E-state index is -0.491. The van der Waals surface area contributed by atoms with Crippen molar-refractivity contribution in [3.05, 3.63) is 36.4 Å². The van der Waals surface area contributed by atoms with Crippen molar-refractivity contribution in [1.82, 2.24) is 5.32 Å². The average molecular weight is 264 g/mol. The van der Waals surface area contributed by atoms with Crippen LogP contribution in [-0.2, 0) is 9.53 Å². The molecule has 0 radical (unpaired) electrons. The Morgan fingerprint density at radius 1 is 1.42 bits per heavy atom. The Bertz CT molecular complexity index is 485. The molecular weight excluding hydrogens is 248 g/mol. The molecule has 0 unspecified atom stereocenters. The number of rotatable bonds is 5. The molecule has 1 aromatic carbocycles. The zero-order valence-corrected chi connectivity index (χ0v) is 10.6. The van der Waals surface area contributed by atoms with E-state index in [1.807, 2.05) is 0 Å². The van der Waals surface area contributed by atoms with Gasteiger partial charge in [-0.3, -0.25) is 0 Å². The Morgan fingerprint density at radius 2 is 2.16 bits per heavy atom. The number of ether oxygens (including phenoxy) is 1. The Balaban J connectivity index is 2.25. The van der Waals surface area contributed by atoms with Crippen molar-refractivity contribution in [1.29, 1.82) is 0 Å². The summed E-state index contributed by atoms with van der Waals surface area (Å²) in [6.07, 6.45) is 0. The molecule has 6 heteroatoms. The lowest BCUT2D eigenvalue weighted by Crippen LogP contribution is -2.32. The molecule has 19 heavy (non-hydrogen) atoms. The molecule has 0 spiro atoms. The van der Waals surface area contributed by atoms with Crippen molar-refractivity contribution < 1.29 is 19.4 Å². The molecular formula is C13H16N2O4. The van der Waals surface area contributed by atoms with Gasteiger partial charge < -0.3 is 20.5 Å². The van der Waals surface area contributed by atoms with Crippen LogP contribution in [0.3, 0.4) is 0 Å². The van der Waals surface area contributed by atoms with Gasteiger partial charge in [-0.15, -0.1) is 0 Å². The van der Waals surface area contributed by atoms with Crippen LogP contribution in [0.2, 0.25) is 0 Å². The summed E-state index contributed by atoms with van der Waals surface area (Å²) in [5.41, 5.74) is 0.778. The van der Waals surface area contributed by atoms with Crippen LogP contribution in [0.25, 0.3) is 0 Å². The van der Waals surface area contributed by atoms with E-state index in [4.69, 9.17) is 4.74 Å². The Labute approximate surface area is 111 Å². The van der Waals surface area contributed by atoms with Crippen molar-refractivity contribution >= 4 is 17.7 Å². The van der Waals surface area contributed by atoms with Crippen LogP contribution in [0.1, 0.15) is 6.92 Å². The summed E-state index contributed by atoms with van der Waals surface area (Å²) in [5, 5.41) is 14.2. The summed E-state index contributed by atoms with van der Waals surface area (Å²) >= 11 is 0. The van der Waals surface area contributed by atoms with Crippen LogP contribution in [0.4, 0.5) is 10.5 Å². The largest absolute Gasteiger partial charge is 0.508 e. The SMILES string of the molecule is C=C(C)C(=O)OCCNC(=O)Nc1cccc(O)c1. The second-order valence-corrected chi connectivity index (χ2v) is 3.85. The Kier molecular flexibility index (Phi) is 5.40. The number of nitrogens with one attached hydrogen (secondary N) is 2. The van der Waals surface area contributed by atoms with Gasteiger partial charge in [0.05, 0.1) is 6.54 Å². The van der Waals surface area contributed by atoms with E-state index < -0.39 is 12.0 Å². The number of phenolic OH excluding ortho intramolecular Hbond substituents is 1. The first-order chi connectivity index (χ1) is 8.99. The van der Waals surface area contributed by atoms with Gasteiger partial charge in [0.25, 0.3) is 0 Å². The van der Waals surface area contributed by atoms with E-state index in [1.165, 1.54) is 12.1 Å². The van der Waals surface area contributed by atoms with E-state index in [9.17, 15) is 14.7 Å². The Morgan fingerprint density at radius 3 is 2.79 bits per heavy atom. The summed E-state index contributed by atoms with van der Waals surface area (Å²) in [6.45, 7) is 5.23. The summed E-state index contributed by atoms with van der Waals surface area (Å²) in [7, 11) is 0. The molecule has 0 bridgehead atoms. The van der Waals surface area contributed by atoms with E-state index in [-0.39, 0.29) is 18.9 Å². The van der Waals surface area contributed by atoms with Crippen molar-refractivity contribution in [2.24, 2.45) is 0 Å². The first kappa shape index (κ1) is 14.6. The van der Waals surface area contributed by atoms with Gasteiger partial charge in [-0.1, -0.05) is 12.6 Å². The third-order valence-electron chi connectivity index (χ3n) is 2.07. The van der Waals surface area contributed by atoms with Gasteiger partial charge in [0.1, 0.15) is 12.4 Å². The summed E-state index contributed by atoms with van der Waals surface area (Å²) in [6, 6.07) is 5.72. The third-order valence-corrected chi connectivity index (χ3v) is 2.07. The van der Waals surface area contributed by atoms with Crippen molar-refractivity contribution in [3.8, 4) is 5.75 Å². The number of esters is 1. The number of amides is 2. The normalized spacial score (nSPS) is 9.53. The molecule has 1 rings (SSSR count). The van der Waals surface area contributed by atoms with E-state index in [0.717, 1.165) is 0 Å². The third kappa shape index (κ3) is 5.58. The van der Waals surface area contributed by atoms with Crippen LogP contribution in [-0.4, -0.2) is 30.3 Å². The van der Waals surface area contributed by atoms with Crippen molar-refractivity contribution in [2.75, 3.05) is 18.5 Å². The maximum absolute atomic E-state index is 11.4. The molecule has 0 aromatic heterocycles. The molecule has 102 valence electrons.